The lowest BCUT2D eigenvalue weighted by Gasteiger charge is -2.18. The molecule has 1 saturated heterocycles. The van der Waals surface area contributed by atoms with E-state index in [2.05, 4.69) is 5.32 Å². The molecule has 2 aromatic rings. The lowest BCUT2D eigenvalue weighted by Crippen LogP contribution is -2.33. The summed E-state index contributed by atoms with van der Waals surface area (Å²) in [5, 5.41) is 2.35. The molecule has 2 amide bonds. The summed E-state index contributed by atoms with van der Waals surface area (Å²) in [6.45, 7) is -0.556. The van der Waals surface area contributed by atoms with Gasteiger partial charge in [-0.15, -0.1) is 0 Å². The van der Waals surface area contributed by atoms with Crippen molar-refractivity contribution < 1.29 is 31.5 Å². The molecule has 4 nitrogen and oxygen atoms in total. The molecule has 0 radical (unpaired) electrons. The number of carbonyl (C=O) groups excluding carboxylic acids is 2. The Balaban J connectivity index is 1.69. The fourth-order valence-corrected chi connectivity index (χ4v) is 3.08. The van der Waals surface area contributed by atoms with Crippen LogP contribution in [0.25, 0.3) is 0 Å². The fourth-order valence-electron chi connectivity index (χ4n) is 3.08. The van der Waals surface area contributed by atoms with Crippen molar-refractivity contribution in [3.8, 4) is 0 Å². The number of alkyl halides is 3. The highest BCUT2D eigenvalue weighted by Gasteiger charge is 2.37. The minimum Gasteiger partial charge on any atom is -0.352 e. The van der Waals surface area contributed by atoms with Gasteiger partial charge in [-0.2, -0.15) is 13.2 Å². The van der Waals surface area contributed by atoms with Gasteiger partial charge in [0, 0.05) is 19.5 Å². The number of benzene rings is 2. The van der Waals surface area contributed by atoms with Crippen LogP contribution in [0.2, 0.25) is 0 Å². The molecule has 1 heterocycles. The summed E-state index contributed by atoms with van der Waals surface area (Å²) in [5.74, 6) is -3.57. The predicted molar refractivity (Wildman–Crippen MR) is 90.1 cm³/mol. The molecule has 0 spiro atoms. The molecule has 28 heavy (non-hydrogen) atoms. The maximum atomic E-state index is 13.9. The largest absolute Gasteiger partial charge is 0.416 e. The summed E-state index contributed by atoms with van der Waals surface area (Å²) >= 11 is 0. The lowest BCUT2D eigenvalue weighted by molar-refractivity contribution is -0.138. The fraction of sp³-hybridized carbons (Fsp3) is 0.263. The van der Waals surface area contributed by atoms with Gasteiger partial charge in [-0.05, 0) is 29.8 Å². The van der Waals surface area contributed by atoms with Gasteiger partial charge in [0.05, 0.1) is 17.2 Å². The number of para-hydroxylation sites is 1. The van der Waals surface area contributed by atoms with Crippen molar-refractivity contribution in [3.63, 3.8) is 0 Å². The topological polar surface area (TPSA) is 49.4 Å². The molecule has 148 valence electrons. The molecule has 9 heteroatoms. The van der Waals surface area contributed by atoms with Gasteiger partial charge in [0.2, 0.25) is 11.8 Å². The second-order valence-corrected chi connectivity index (χ2v) is 6.37. The van der Waals surface area contributed by atoms with E-state index in [0.29, 0.717) is 6.07 Å². The monoisotopic (exact) mass is 398 g/mol. The Hall–Kier alpha value is -2.97. The second-order valence-electron chi connectivity index (χ2n) is 6.37. The average molecular weight is 398 g/mol. The van der Waals surface area contributed by atoms with Crippen LogP contribution in [-0.4, -0.2) is 18.4 Å². The zero-order chi connectivity index (χ0) is 20.5. The number of hydrogen-bond donors (Lipinski definition) is 1. The van der Waals surface area contributed by atoms with Gasteiger partial charge >= 0.3 is 6.18 Å². The number of carbonyl (C=O) groups is 2. The molecule has 0 aromatic heterocycles. The van der Waals surface area contributed by atoms with Crippen molar-refractivity contribution in [2.45, 2.75) is 19.1 Å². The Morgan fingerprint density at radius 1 is 1.14 bits per heavy atom. The van der Waals surface area contributed by atoms with Crippen molar-refractivity contribution in [2.24, 2.45) is 5.92 Å². The summed E-state index contributed by atoms with van der Waals surface area (Å²) < 4.78 is 66.1. The quantitative estimate of drug-likeness (QED) is 0.800. The molecule has 2 aromatic carbocycles. The third-order valence-electron chi connectivity index (χ3n) is 4.47. The molecule has 1 fully saturated rings. The van der Waals surface area contributed by atoms with Crippen LogP contribution in [0.5, 0.6) is 0 Å². The molecule has 0 aliphatic carbocycles. The van der Waals surface area contributed by atoms with Crippen LogP contribution < -0.4 is 10.2 Å². The summed E-state index contributed by atoms with van der Waals surface area (Å²) in [5.41, 5.74) is -1.43. The minimum atomic E-state index is -4.77. The van der Waals surface area contributed by atoms with E-state index in [4.69, 9.17) is 0 Å². The number of halogens is 5. The number of rotatable bonds is 4. The Bertz CT molecular complexity index is 913. The highest BCUT2D eigenvalue weighted by atomic mass is 19.4. The molecule has 1 aliphatic rings. The number of anilines is 1. The molecule has 0 bridgehead atoms. The minimum absolute atomic E-state index is 0.0423. The van der Waals surface area contributed by atoms with E-state index in [1.165, 1.54) is 18.2 Å². The molecule has 1 aliphatic heterocycles. The van der Waals surface area contributed by atoms with Gasteiger partial charge in [0.15, 0.2) is 0 Å². The van der Waals surface area contributed by atoms with E-state index in [9.17, 15) is 31.5 Å². The highest BCUT2D eigenvalue weighted by Crippen LogP contribution is 2.33. The number of hydrogen-bond acceptors (Lipinski definition) is 2. The molecule has 1 unspecified atom stereocenters. The molecular formula is C19H15F5N2O2. The van der Waals surface area contributed by atoms with Gasteiger partial charge in [-0.25, -0.2) is 8.78 Å². The van der Waals surface area contributed by atoms with Crippen molar-refractivity contribution >= 4 is 17.5 Å². The normalized spacial score (nSPS) is 17.1. The van der Waals surface area contributed by atoms with Crippen LogP contribution in [0.15, 0.2) is 42.5 Å². The molecule has 1 atom stereocenters. The highest BCUT2D eigenvalue weighted by molar-refractivity contribution is 6.00. The van der Waals surface area contributed by atoms with E-state index < -0.39 is 47.7 Å². The lowest BCUT2D eigenvalue weighted by atomic mass is 10.1. The second kappa shape index (κ2) is 7.57. The van der Waals surface area contributed by atoms with E-state index in [0.717, 1.165) is 17.0 Å². The van der Waals surface area contributed by atoms with Crippen LogP contribution in [0.4, 0.5) is 27.6 Å². The van der Waals surface area contributed by atoms with Crippen LogP contribution in [0, 0.1) is 17.6 Å². The Morgan fingerprint density at radius 2 is 1.86 bits per heavy atom. The van der Waals surface area contributed by atoms with Crippen LogP contribution in [-0.2, 0) is 22.3 Å². The number of amides is 2. The molecular weight excluding hydrogens is 383 g/mol. The first-order valence-corrected chi connectivity index (χ1v) is 8.35. The first-order valence-electron chi connectivity index (χ1n) is 8.35. The van der Waals surface area contributed by atoms with Crippen LogP contribution in [0.1, 0.15) is 17.5 Å². The van der Waals surface area contributed by atoms with Crippen molar-refractivity contribution in [3.05, 3.63) is 65.2 Å². The Morgan fingerprint density at radius 3 is 2.54 bits per heavy atom. The number of nitrogens with zero attached hydrogens (tertiary/aromatic N) is 1. The van der Waals surface area contributed by atoms with Crippen molar-refractivity contribution in [1.29, 1.82) is 0 Å². The van der Waals surface area contributed by atoms with Crippen molar-refractivity contribution in [2.75, 3.05) is 11.4 Å². The van der Waals surface area contributed by atoms with Gasteiger partial charge in [-0.3, -0.25) is 9.59 Å². The maximum Gasteiger partial charge on any atom is 0.416 e. The van der Waals surface area contributed by atoms with E-state index in [-0.39, 0.29) is 24.2 Å². The summed E-state index contributed by atoms with van der Waals surface area (Å²) in [4.78, 5) is 25.6. The summed E-state index contributed by atoms with van der Waals surface area (Å²) in [6, 6.07) is 7.78. The summed E-state index contributed by atoms with van der Waals surface area (Å²) in [6.07, 6.45) is -4.96. The standard InChI is InChI=1S/C19H15F5N2O2/c20-13-6-5-11(14(8-13)19(22,23)24)9-25-18(28)12-7-17(27)26(10-12)16-4-2-1-3-15(16)21/h1-6,8,12H,7,9-10H2,(H,25,28). The Kier molecular flexibility index (Phi) is 5.35. The molecule has 3 rings (SSSR count). The Labute approximate surface area is 156 Å². The van der Waals surface area contributed by atoms with Gasteiger partial charge < -0.3 is 10.2 Å². The van der Waals surface area contributed by atoms with Crippen LogP contribution >= 0.6 is 0 Å². The first kappa shape index (κ1) is 19.8. The smallest absolute Gasteiger partial charge is 0.352 e. The van der Waals surface area contributed by atoms with E-state index >= 15 is 0 Å². The molecule has 0 saturated carbocycles. The van der Waals surface area contributed by atoms with E-state index in [1.54, 1.807) is 6.07 Å². The third kappa shape index (κ3) is 4.13. The number of nitrogens with one attached hydrogen (secondary N) is 1. The maximum absolute atomic E-state index is 13.9. The first-order chi connectivity index (χ1) is 13.2. The van der Waals surface area contributed by atoms with Gasteiger partial charge in [-0.1, -0.05) is 18.2 Å². The summed E-state index contributed by atoms with van der Waals surface area (Å²) in [7, 11) is 0. The predicted octanol–water partition coefficient (Wildman–Crippen LogP) is 3.65. The van der Waals surface area contributed by atoms with Gasteiger partial charge in [0.25, 0.3) is 0 Å². The third-order valence-corrected chi connectivity index (χ3v) is 4.47. The zero-order valence-corrected chi connectivity index (χ0v) is 14.4. The van der Waals surface area contributed by atoms with E-state index in [1.807, 2.05) is 0 Å². The SMILES string of the molecule is O=C(NCc1ccc(F)cc1C(F)(F)F)C1CC(=O)N(c2ccccc2F)C1. The van der Waals surface area contributed by atoms with Crippen LogP contribution in [0.3, 0.4) is 0 Å². The molecule has 1 N–H and O–H groups in total. The average Bonchev–Trinajstić information content (AvgIpc) is 3.01. The van der Waals surface area contributed by atoms with Gasteiger partial charge in [0.1, 0.15) is 11.6 Å². The van der Waals surface area contributed by atoms with Crippen molar-refractivity contribution in [1.82, 2.24) is 5.32 Å². The zero-order valence-electron chi connectivity index (χ0n) is 14.4.